The molecule has 0 bridgehead atoms. The molecule has 0 amide bonds. The molecule has 20 heavy (non-hydrogen) atoms. The molecule has 118 valence electrons. The van der Waals surface area contributed by atoms with Crippen LogP contribution in [0.25, 0.3) is 0 Å². The Balaban J connectivity index is 0. The number of rotatable bonds is 4. The second kappa shape index (κ2) is 10.4. The molecule has 0 aliphatic heterocycles. The van der Waals surface area contributed by atoms with Crippen molar-refractivity contribution in [1.29, 1.82) is 0 Å². The first kappa shape index (κ1) is 21.9. The summed E-state index contributed by atoms with van der Waals surface area (Å²) in [6.07, 6.45) is 5.96. The summed E-state index contributed by atoms with van der Waals surface area (Å²) in [7, 11) is 3.98. The first-order valence-corrected chi connectivity index (χ1v) is 7.82. The molecule has 0 rings (SSSR count). The number of aliphatic hydroxyl groups is 1. The minimum Gasteiger partial charge on any atom is -0.379 e. The zero-order valence-corrected chi connectivity index (χ0v) is 16.2. The van der Waals surface area contributed by atoms with E-state index in [1.807, 2.05) is 85.7 Å². The molecule has 0 saturated carbocycles. The number of hydrogen-bond acceptors (Lipinski definition) is 2. The van der Waals surface area contributed by atoms with Crippen molar-refractivity contribution in [2.75, 3.05) is 14.1 Å². The summed E-state index contributed by atoms with van der Waals surface area (Å²) in [5.41, 5.74) is 1.14. The third-order valence-corrected chi connectivity index (χ3v) is 4.30. The second-order valence-electron chi connectivity index (χ2n) is 5.22. The van der Waals surface area contributed by atoms with Gasteiger partial charge >= 0.3 is 0 Å². The molecule has 1 atom stereocenters. The first-order valence-electron chi connectivity index (χ1n) is 7.03. The third-order valence-electron chi connectivity index (χ3n) is 3.85. The van der Waals surface area contributed by atoms with Gasteiger partial charge in [0.2, 0.25) is 0 Å². The Morgan fingerprint density at radius 3 is 1.45 bits per heavy atom. The van der Waals surface area contributed by atoms with Gasteiger partial charge in [0.1, 0.15) is 5.60 Å². The molecule has 1 unspecified atom stereocenters. The molecule has 0 aromatic carbocycles. The molecule has 0 heterocycles. The Morgan fingerprint density at radius 1 is 1.00 bits per heavy atom. The highest BCUT2D eigenvalue weighted by atomic mass is 79.9. The predicted octanol–water partition coefficient (Wildman–Crippen LogP) is 4.91. The van der Waals surface area contributed by atoms with Crippen molar-refractivity contribution in [3.05, 3.63) is 33.9 Å². The molecule has 0 fully saturated rings. The van der Waals surface area contributed by atoms with Gasteiger partial charge in [-0.2, -0.15) is 0 Å². The van der Waals surface area contributed by atoms with Gasteiger partial charge in [-0.25, -0.2) is 0 Å². The fourth-order valence-corrected chi connectivity index (χ4v) is 1.78. The molecule has 0 aromatic heterocycles. The zero-order valence-electron chi connectivity index (χ0n) is 14.6. The number of allylic oxidation sites excluding steroid dienone is 4. The zero-order chi connectivity index (χ0) is 16.5. The van der Waals surface area contributed by atoms with E-state index in [-0.39, 0.29) is 6.04 Å². The lowest BCUT2D eigenvalue weighted by atomic mass is 9.80. The lowest BCUT2D eigenvalue weighted by molar-refractivity contribution is 0.0367. The van der Waals surface area contributed by atoms with Crippen LogP contribution in [0.4, 0.5) is 0 Å². The lowest BCUT2D eigenvalue weighted by Gasteiger charge is -2.40. The highest BCUT2D eigenvalue weighted by molar-refractivity contribution is 9.11. The summed E-state index contributed by atoms with van der Waals surface area (Å²) in [5, 5.41) is 10.8. The number of halogens is 1. The molecular formula is C17H32BrNO. The topological polar surface area (TPSA) is 23.5 Å². The predicted molar refractivity (Wildman–Crippen MR) is 95.3 cm³/mol. The highest BCUT2D eigenvalue weighted by Gasteiger charge is 2.37. The number of likely N-dealkylation sites (N-methyl/N-ethyl adjacent to an activating group) is 1. The minimum absolute atomic E-state index is 0.0601. The maximum atomic E-state index is 10.8. The van der Waals surface area contributed by atoms with Crippen LogP contribution in [0.5, 0.6) is 0 Å². The van der Waals surface area contributed by atoms with Gasteiger partial charge in [-0.1, -0.05) is 34.2 Å². The SMILES string of the molecule is CC=C(C)Br.CC=C(C)C(O)(C(C)=CC)C(C)N(C)C. The van der Waals surface area contributed by atoms with Crippen LogP contribution >= 0.6 is 15.9 Å². The Hall–Kier alpha value is -0.380. The number of nitrogens with zero attached hydrogens (tertiary/aromatic N) is 1. The first-order chi connectivity index (χ1) is 9.09. The maximum absolute atomic E-state index is 10.8. The smallest absolute Gasteiger partial charge is 0.121 e. The molecule has 3 heteroatoms. The summed E-state index contributed by atoms with van der Waals surface area (Å²) in [4.78, 5) is 2.04. The van der Waals surface area contributed by atoms with E-state index in [1.165, 1.54) is 4.48 Å². The van der Waals surface area contributed by atoms with Gasteiger partial charge in [-0.15, -0.1) is 0 Å². The standard InChI is InChI=1S/C13H25NO.C4H7Br/c1-8-10(3)13(15,11(4)9-2)12(5)14(6)7;1-3-4(2)5/h8-9,12,15H,1-7H3;3H,1-2H3. The van der Waals surface area contributed by atoms with E-state index in [2.05, 4.69) is 15.9 Å². The van der Waals surface area contributed by atoms with E-state index in [1.54, 1.807) is 0 Å². The normalized spacial score (nSPS) is 18.3. The van der Waals surface area contributed by atoms with Gasteiger partial charge in [0, 0.05) is 6.04 Å². The Labute approximate surface area is 134 Å². The average Bonchev–Trinajstić information content (AvgIpc) is 2.43. The van der Waals surface area contributed by atoms with Crippen LogP contribution in [-0.2, 0) is 0 Å². The molecule has 2 nitrogen and oxygen atoms in total. The summed E-state index contributed by atoms with van der Waals surface area (Å²) in [6, 6.07) is 0.0601. The summed E-state index contributed by atoms with van der Waals surface area (Å²) < 4.78 is 1.19. The van der Waals surface area contributed by atoms with Gasteiger partial charge < -0.3 is 10.0 Å². The summed E-state index contributed by atoms with van der Waals surface area (Å²) >= 11 is 3.23. The van der Waals surface area contributed by atoms with Crippen molar-refractivity contribution in [2.45, 2.75) is 60.1 Å². The molecule has 0 aromatic rings. The summed E-state index contributed by atoms with van der Waals surface area (Å²) in [5.74, 6) is 0. The van der Waals surface area contributed by atoms with E-state index in [0.29, 0.717) is 0 Å². The van der Waals surface area contributed by atoms with Crippen LogP contribution < -0.4 is 0 Å². The van der Waals surface area contributed by atoms with Crippen LogP contribution in [0.3, 0.4) is 0 Å². The fraction of sp³-hybridized carbons (Fsp3) is 0.647. The Morgan fingerprint density at radius 2 is 1.30 bits per heavy atom. The fourth-order valence-electron chi connectivity index (χ4n) is 1.78. The van der Waals surface area contributed by atoms with Gasteiger partial charge in [0.15, 0.2) is 0 Å². The number of hydrogen-bond donors (Lipinski definition) is 1. The molecule has 0 radical (unpaired) electrons. The van der Waals surface area contributed by atoms with Crippen LogP contribution in [0.1, 0.15) is 48.5 Å². The van der Waals surface area contributed by atoms with E-state index in [9.17, 15) is 5.11 Å². The van der Waals surface area contributed by atoms with Crippen LogP contribution in [0, 0.1) is 0 Å². The monoisotopic (exact) mass is 345 g/mol. The molecule has 0 spiro atoms. The Kier molecular flexibility index (Phi) is 11.4. The van der Waals surface area contributed by atoms with Gasteiger partial charge in [0.05, 0.1) is 0 Å². The summed E-state index contributed by atoms with van der Waals surface area (Å²) in [6.45, 7) is 13.9. The molecule has 0 saturated heterocycles. The van der Waals surface area contributed by atoms with Crippen molar-refractivity contribution in [1.82, 2.24) is 4.90 Å². The molecule has 1 N–H and O–H groups in total. The van der Waals surface area contributed by atoms with Crippen molar-refractivity contribution in [3.8, 4) is 0 Å². The van der Waals surface area contributed by atoms with Crippen LogP contribution in [0.2, 0.25) is 0 Å². The quantitative estimate of drug-likeness (QED) is 0.732. The van der Waals surface area contributed by atoms with Crippen molar-refractivity contribution >= 4 is 15.9 Å². The second-order valence-corrected chi connectivity index (χ2v) is 6.48. The van der Waals surface area contributed by atoms with Gasteiger partial charge in [-0.05, 0) is 78.2 Å². The van der Waals surface area contributed by atoms with E-state index in [4.69, 9.17) is 0 Å². The van der Waals surface area contributed by atoms with E-state index >= 15 is 0 Å². The van der Waals surface area contributed by atoms with E-state index < -0.39 is 5.60 Å². The molecule has 0 aliphatic carbocycles. The van der Waals surface area contributed by atoms with E-state index in [0.717, 1.165) is 11.1 Å². The van der Waals surface area contributed by atoms with Gasteiger partial charge in [-0.3, -0.25) is 0 Å². The van der Waals surface area contributed by atoms with Crippen LogP contribution in [-0.4, -0.2) is 35.7 Å². The average molecular weight is 346 g/mol. The lowest BCUT2D eigenvalue weighted by Crippen LogP contribution is -2.50. The maximum Gasteiger partial charge on any atom is 0.121 e. The van der Waals surface area contributed by atoms with Crippen molar-refractivity contribution in [2.24, 2.45) is 0 Å². The van der Waals surface area contributed by atoms with Crippen molar-refractivity contribution < 1.29 is 5.11 Å². The van der Waals surface area contributed by atoms with Crippen molar-refractivity contribution in [3.63, 3.8) is 0 Å². The Bertz CT molecular complexity index is 345. The van der Waals surface area contributed by atoms with Gasteiger partial charge in [0.25, 0.3) is 0 Å². The molecular weight excluding hydrogens is 314 g/mol. The third kappa shape index (κ3) is 6.38. The largest absolute Gasteiger partial charge is 0.379 e. The molecule has 0 aliphatic rings. The minimum atomic E-state index is -0.854. The highest BCUT2D eigenvalue weighted by Crippen LogP contribution is 2.31. The van der Waals surface area contributed by atoms with Crippen LogP contribution in [0.15, 0.2) is 33.9 Å².